The number of hydrogen-bond donors (Lipinski definition) is 2. The lowest BCUT2D eigenvalue weighted by molar-refractivity contribution is 0.0123. The van der Waals surface area contributed by atoms with Gasteiger partial charge in [-0.05, 0) is 24.3 Å². The molecule has 0 saturated heterocycles. The maximum absolute atomic E-state index is 13.1. The van der Waals surface area contributed by atoms with Gasteiger partial charge in [0, 0.05) is 31.1 Å². The third-order valence-electron chi connectivity index (χ3n) is 4.50. The second kappa shape index (κ2) is 12.9. The zero-order valence-corrected chi connectivity index (χ0v) is 17.5. The van der Waals surface area contributed by atoms with Crippen LogP contribution >= 0.6 is 0 Å². The van der Waals surface area contributed by atoms with Crippen molar-refractivity contribution in [1.29, 1.82) is 0 Å². The van der Waals surface area contributed by atoms with Gasteiger partial charge in [0.2, 0.25) is 0 Å². The average molecular weight is 432 g/mol. The first-order valence-electron chi connectivity index (χ1n) is 10.3. The summed E-state index contributed by atoms with van der Waals surface area (Å²) in [6.07, 6.45) is 3.40. The molecule has 0 fully saturated rings. The molecule has 1 aliphatic rings. The predicted molar refractivity (Wildman–Crippen MR) is 116 cm³/mol. The molecule has 31 heavy (non-hydrogen) atoms. The van der Waals surface area contributed by atoms with E-state index in [1.54, 1.807) is 12.1 Å². The van der Waals surface area contributed by atoms with Crippen LogP contribution in [0.3, 0.4) is 0 Å². The van der Waals surface area contributed by atoms with Crippen molar-refractivity contribution in [2.75, 3.05) is 64.6 Å². The summed E-state index contributed by atoms with van der Waals surface area (Å²) in [4.78, 5) is 8.61. The van der Waals surface area contributed by atoms with E-state index in [1.165, 1.54) is 18.5 Å². The van der Waals surface area contributed by atoms with Gasteiger partial charge >= 0.3 is 0 Å². The number of hydrogen-bond acceptors (Lipinski definition) is 9. The Morgan fingerprint density at radius 2 is 1.71 bits per heavy atom. The summed E-state index contributed by atoms with van der Waals surface area (Å²) in [6, 6.07) is 8.01. The van der Waals surface area contributed by atoms with E-state index in [0.717, 1.165) is 17.9 Å². The smallest absolute Gasteiger partial charge is 0.134 e. The zero-order valence-electron chi connectivity index (χ0n) is 17.5. The second-order valence-corrected chi connectivity index (χ2v) is 6.87. The van der Waals surface area contributed by atoms with Crippen LogP contribution in [0.1, 0.15) is 11.6 Å². The number of hydrazone groups is 1. The standard InChI is InChI=1S/C21H29FN6O3/c22-18-1-3-19(4-2-18)27-21-13-20(24-16-25-21)17-14-26-28(15-17)6-8-30-10-12-31-11-9-29-7-5-23/h1-4,13-14,16-17H,5-12,15,23H2,(H,24,25,27). The molecule has 0 spiro atoms. The summed E-state index contributed by atoms with van der Waals surface area (Å²) in [5.74, 6) is 0.453. The average Bonchev–Trinajstić information content (AvgIpc) is 3.26. The van der Waals surface area contributed by atoms with Gasteiger partial charge in [-0.1, -0.05) is 0 Å². The topological polar surface area (TPSA) is 107 Å². The van der Waals surface area contributed by atoms with Crippen molar-refractivity contribution in [2.45, 2.75) is 5.92 Å². The molecule has 1 aromatic heterocycles. The van der Waals surface area contributed by atoms with E-state index < -0.39 is 0 Å². The van der Waals surface area contributed by atoms with Gasteiger partial charge in [0.1, 0.15) is 18.0 Å². The molecule has 1 aliphatic heterocycles. The quantitative estimate of drug-likeness (QED) is 0.435. The van der Waals surface area contributed by atoms with E-state index in [0.29, 0.717) is 58.5 Å². The van der Waals surface area contributed by atoms with Crippen LogP contribution in [0.5, 0.6) is 0 Å². The highest BCUT2D eigenvalue weighted by atomic mass is 19.1. The lowest BCUT2D eigenvalue weighted by Crippen LogP contribution is -2.23. The Labute approximate surface area is 181 Å². The largest absolute Gasteiger partial charge is 0.378 e. The van der Waals surface area contributed by atoms with Crippen LogP contribution in [0.4, 0.5) is 15.9 Å². The summed E-state index contributed by atoms with van der Waals surface area (Å²) < 4.78 is 29.3. The number of aromatic nitrogens is 2. The Kier molecular flexibility index (Phi) is 9.58. The van der Waals surface area contributed by atoms with Crippen molar-refractivity contribution in [2.24, 2.45) is 10.8 Å². The summed E-state index contributed by atoms with van der Waals surface area (Å²) >= 11 is 0. The number of ether oxygens (including phenoxy) is 3. The Morgan fingerprint density at radius 3 is 2.45 bits per heavy atom. The monoisotopic (exact) mass is 432 g/mol. The lowest BCUT2D eigenvalue weighted by Gasteiger charge is -2.16. The number of benzene rings is 1. The van der Waals surface area contributed by atoms with Gasteiger partial charge in [-0.3, -0.25) is 5.01 Å². The van der Waals surface area contributed by atoms with E-state index in [2.05, 4.69) is 20.4 Å². The molecule has 0 radical (unpaired) electrons. The molecule has 2 aromatic rings. The van der Waals surface area contributed by atoms with Crippen LogP contribution in [0.25, 0.3) is 0 Å². The Bertz CT molecular complexity index is 808. The fraction of sp³-hybridized carbons (Fsp3) is 0.476. The number of nitrogens with zero attached hydrogens (tertiary/aromatic N) is 4. The van der Waals surface area contributed by atoms with Crippen LogP contribution < -0.4 is 11.1 Å². The van der Waals surface area contributed by atoms with E-state index in [4.69, 9.17) is 19.9 Å². The van der Waals surface area contributed by atoms with Crippen molar-refractivity contribution in [3.05, 3.63) is 48.2 Å². The summed E-state index contributed by atoms with van der Waals surface area (Å²) in [7, 11) is 0. The van der Waals surface area contributed by atoms with Crippen molar-refractivity contribution < 1.29 is 18.6 Å². The van der Waals surface area contributed by atoms with E-state index in [9.17, 15) is 4.39 Å². The lowest BCUT2D eigenvalue weighted by atomic mass is 10.1. The normalized spacial score (nSPS) is 15.5. The molecule has 168 valence electrons. The Morgan fingerprint density at radius 1 is 1.00 bits per heavy atom. The summed E-state index contributed by atoms with van der Waals surface area (Å²) in [5, 5.41) is 9.56. The molecule has 9 nitrogen and oxygen atoms in total. The van der Waals surface area contributed by atoms with Crippen LogP contribution in [0.2, 0.25) is 0 Å². The number of halogens is 1. The van der Waals surface area contributed by atoms with Crippen molar-refractivity contribution >= 4 is 17.7 Å². The van der Waals surface area contributed by atoms with Gasteiger partial charge in [-0.2, -0.15) is 5.10 Å². The van der Waals surface area contributed by atoms with Crippen molar-refractivity contribution in [3.8, 4) is 0 Å². The molecule has 1 aromatic carbocycles. The highest BCUT2D eigenvalue weighted by molar-refractivity contribution is 5.69. The van der Waals surface area contributed by atoms with Gasteiger partial charge < -0.3 is 25.3 Å². The van der Waals surface area contributed by atoms with Crippen molar-refractivity contribution in [1.82, 2.24) is 15.0 Å². The second-order valence-electron chi connectivity index (χ2n) is 6.87. The van der Waals surface area contributed by atoms with Crippen LogP contribution in [0, 0.1) is 5.82 Å². The molecule has 3 rings (SSSR count). The van der Waals surface area contributed by atoms with Gasteiger partial charge in [-0.25, -0.2) is 14.4 Å². The van der Waals surface area contributed by atoms with Crippen LogP contribution in [-0.2, 0) is 14.2 Å². The first kappa shape index (κ1) is 23.0. The molecule has 2 heterocycles. The molecular formula is C21H29FN6O3. The number of nitrogens with one attached hydrogen (secondary N) is 1. The first-order chi connectivity index (χ1) is 15.2. The molecule has 0 aliphatic carbocycles. The molecule has 0 saturated carbocycles. The fourth-order valence-electron chi connectivity index (χ4n) is 2.93. The minimum Gasteiger partial charge on any atom is -0.378 e. The molecule has 10 heteroatoms. The Balaban J connectivity index is 1.33. The van der Waals surface area contributed by atoms with Gasteiger partial charge in [-0.15, -0.1) is 0 Å². The molecule has 1 unspecified atom stereocenters. The Hall–Kier alpha value is -2.66. The maximum atomic E-state index is 13.1. The predicted octanol–water partition coefficient (Wildman–Crippen LogP) is 1.75. The maximum Gasteiger partial charge on any atom is 0.134 e. The first-order valence-corrected chi connectivity index (χ1v) is 10.3. The summed E-state index contributed by atoms with van der Waals surface area (Å²) in [5.41, 5.74) is 6.97. The zero-order chi connectivity index (χ0) is 21.7. The third-order valence-corrected chi connectivity index (χ3v) is 4.50. The van der Waals surface area contributed by atoms with Crippen molar-refractivity contribution in [3.63, 3.8) is 0 Å². The van der Waals surface area contributed by atoms with Crippen LogP contribution in [-0.4, -0.2) is 80.5 Å². The molecule has 1 atom stereocenters. The SMILES string of the molecule is NCCOCCOCCOCCN1CC(c2cc(Nc3ccc(F)cc3)ncn2)C=N1. The number of nitrogens with two attached hydrogens (primary N) is 1. The molecule has 3 N–H and O–H groups in total. The number of anilines is 2. The minimum atomic E-state index is -0.277. The molecule has 0 bridgehead atoms. The highest BCUT2D eigenvalue weighted by Gasteiger charge is 2.20. The van der Waals surface area contributed by atoms with Gasteiger partial charge in [0.15, 0.2) is 0 Å². The third kappa shape index (κ3) is 8.18. The van der Waals surface area contributed by atoms with E-state index in [1.807, 2.05) is 17.3 Å². The van der Waals surface area contributed by atoms with E-state index in [-0.39, 0.29) is 11.7 Å². The fourth-order valence-corrected chi connectivity index (χ4v) is 2.93. The number of rotatable bonds is 14. The highest BCUT2D eigenvalue weighted by Crippen LogP contribution is 2.21. The van der Waals surface area contributed by atoms with Gasteiger partial charge in [0.05, 0.1) is 57.8 Å². The van der Waals surface area contributed by atoms with Gasteiger partial charge in [0.25, 0.3) is 0 Å². The summed E-state index contributed by atoms with van der Waals surface area (Å²) in [6.45, 7) is 5.21. The van der Waals surface area contributed by atoms with Crippen LogP contribution in [0.15, 0.2) is 41.8 Å². The molecular weight excluding hydrogens is 403 g/mol. The molecule has 0 amide bonds. The minimum absolute atomic E-state index is 0.0774. The van der Waals surface area contributed by atoms with E-state index >= 15 is 0 Å².